The van der Waals surface area contributed by atoms with Crippen LogP contribution in [0.15, 0.2) is 85.2 Å². The molecule has 0 radical (unpaired) electrons. The van der Waals surface area contributed by atoms with Crippen molar-refractivity contribution in [1.29, 1.82) is 5.26 Å². The SMILES string of the molecule is Cc1ccn(-c2ccc(NC(=O)C(CNC[C@@H](C)c3ccc(C#N)cc3)c3ccccc3)nc2)n1. The standard InChI is InChI=1S/C28H28N6O/c1-20(23-10-8-22(16-29)9-11-23)17-30-19-26(24-6-4-3-5-7-24)28(35)32-27-13-12-25(18-31-27)34-15-14-21(2)33-34/h3-15,18,20,26,30H,17,19H2,1-2H3,(H,31,32,35)/t20-,26?/m1/s1. The Morgan fingerprint density at radius 3 is 2.40 bits per heavy atom. The third kappa shape index (κ3) is 6.19. The van der Waals surface area contributed by atoms with Crippen LogP contribution in [-0.2, 0) is 4.79 Å². The number of carbonyl (C=O) groups is 1. The van der Waals surface area contributed by atoms with E-state index in [1.807, 2.05) is 79.9 Å². The summed E-state index contributed by atoms with van der Waals surface area (Å²) in [6, 6.07) is 25.1. The van der Waals surface area contributed by atoms with Crippen LogP contribution in [0, 0.1) is 18.3 Å². The topological polar surface area (TPSA) is 95.6 Å². The molecule has 176 valence electrons. The van der Waals surface area contributed by atoms with Gasteiger partial charge in [-0.15, -0.1) is 0 Å². The van der Waals surface area contributed by atoms with Crippen LogP contribution in [0.5, 0.6) is 0 Å². The molecule has 2 N–H and O–H groups in total. The second-order valence-electron chi connectivity index (χ2n) is 8.55. The fourth-order valence-corrected chi connectivity index (χ4v) is 3.86. The largest absolute Gasteiger partial charge is 0.315 e. The molecule has 2 aromatic heterocycles. The Hall–Kier alpha value is -4.28. The Bertz CT molecular complexity index is 1290. The van der Waals surface area contributed by atoms with Gasteiger partial charge in [0, 0.05) is 19.3 Å². The molecule has 0 saturated carbocycles. The molecule has 0 aliphatic carbocycles. The number of aryl methyl sites for hydroxylation is 1. The van der Waals surface area contributed by atoms with E-state index in [9.17, 15) is 4.79 Å². The van der Waals surface area contributed by atoms with Crippen molar-refractivity contribution in [1.82, 2.24) is 20.1 Å². The lowest BCUT2D eigenvalue weighted by molar-refractivity contribution is -0.117. The Balaban J connectivity index is 1.40. The minimum atomic E-state index is -0.375. The number of benzene rings is 2. The second-order valence-corrected chi connectivity index (χ2v) is 8.55. The molecule has 0 bridgehead atoms. The molecule has 7 nitrogen and oxygen atoms in total. The summed E-state index contributed by atoms with van der Waals surface area (Å²) in [5.41, 5.74) is 4.49. The fraction of sp³-hybridized carbons (Fsp3) is 0.214. The zero-order valence-electron chi connectivity index (χ0n) is 19.8. The van der Waals surface area contributed by atoms with Crippen LogP contribution in [0.25, 0.3) is 5.69 Å². The van der Waals surface area contributed by atoms with Crippen molar-refractivity contribution in [3.8, 4) is 11.8 Å². The number of nitriles is 1. The molecule has 2 heterocycles. The number of amides is 1. The second kappa shape index (κ2) is 11.2. The average Bonchev–Trinajstić information content (AvgIpc) is 3.33. The molecule has 1 unspecified atom stereocenters. The van der Waals surface area contributed by atoms with Crippen molar-refractivity contribution in [3.05, 3.63) is 108 Å². The first kappa shape index (κ1) is 23.9. The van der Waals surface area contributed by atoms with Crippen LogP contribution in [0.3, 0.4) is 0 Å². The molecule has 0 saturated heterocycles. The lowest BCUT2D eigenvalue weighted by atomic mass is 9.96. The summed E-state index contributed by atoms with van der Waals surface area (Å²) in [6.45, 7) is 5.25. The van der Waals surface area contributed by atoms with Crippen LogP contribution in [0.4, 0.5) is 5.82 Å². The van der Waals surface area contributed by atoms with Gasteiger partial charge in [0.15, 0.2) is 0 Å². The van der Waals surface area contributed by atoms with Gasteiger partial charge >= 0.3 is 0 Å². The summed E-state index contributed by atoms with van der Waals surface area (Å²) in [4.78, 5) is 17.7. The van der Waals surface area contributed by atoms with Gasteiger partial charge < -0.3 is 10.6 Å². The summed E-state index contributed by atoms with van der Waals surface area (Å²) in [6.07, 6.45) is 3.57. The first-order chi connectivity index (χ1) is 17.0. The number of aromatic nitrogens is 3. The van der Waals surface area contributed by atoms with Crippen LogP contribution in [0.1, 0.15) is 41.1 Å². The van der Waals surface area contributed by atoms with E-state index in [-0.39, 0.29) is 17.7 Å². The lowest BCUT2D eigenvalue weighted by Gasteiger charge is -2.20. The molecule has 0 aliphatic heterocycles. The van der Waals surface area contributed by atoms with Gasteiger partial charge in [-0.2, -0.15) is 10.4 Å². The minimum absolute atomic E-state index is 0.120. The van der Waals surface area contributed by atoms with E-state index in [1.165, 1.54) is 0 Å². The number of anilines is 1. The van der Waals surface area contributed by atoms with Gasteiger partial charge in [0.1, 0.15) is 5.82 Å². The maximum absolute atomic E-state index is 13.2. The third-order valence-corrected chi connectivity index (χ3v) is 5.91. The predicted octanol–water partition coefficient (Wildman–Crippen LogP) is 4.56. The fourth-order valence-electron chi connectivity index (χ4n) is 3.86. The molecular weight excluding hydrogens is 436 g/mol. The molecule has 2 atom stereocenters. The van der Waals surface area contributed by atoms with Gasteiger partial charge in [-0.05, 0) is 54.3 Å². The quantitative estimate of drug-likeness (QED) is 0.379. The molecule has 4 aromatic rings. The highest BCUT2D eigenvalue weighted by Crippen LogP contribution is 2.19. The summed E-state index contributed by atoms with van der Waals surface area (Å²) in [5.74, 6) is 0.237. The number of nitrogens with one attached hydrogen (secondary N) is 2. The molecule has 0 fully saturated rings. The van der Waals surface area contributed by atoms with E-state index >= 15 is 0 Å². The van der Waals surface area contributed by atoms with Crippen molar-refractivity contribution in [2.75, 3.05) is 18.4 Å². The van der Waals surface area contributed by atoms with Crippen molar-refractivity contribution < 1.29 is 4.79 Å². The Morgan fingerprint density at radius 2 is 1.77 bits per heavy atom. The Kier molecular flexibility index (Phi) is 7.66. The zero-order chi connectivity index (χ0) is 24.6. The average molecular weight is 465 g/mol. The molecule has 7 heteroatoms. The van der Waals surface area contributed by atoms with E-state index in [4.69, 9.17) is 5.26 Å². The molecule has 0 spiro atoms. The van der Waals surface area contributed by atoms with Gasteiger partial charge in [0.2, 0.25) is 5.91 Å². The van der Waals surface area contributed by atoms with Crippen LogP contribution in [0.2, 0.25) is 0 Å². The van der Waals surface area contributed by atoms with Crippen LogP contribution in [-0.4, -0.2) is 33.8 Å². The molecule has 4 rings (SSSR count). The third-order valence-electron chi connectivity index (χ3n) is 5.91. The molecule has 2 aromatic carbocycles. The number of nitrogens with zero attached hydrogens (tertiary/aromatic N) is 4. The van der Waals surface area contributed by atoms with Gasteiger partial charge in [-0.3, -0.25) is 4.79 Å². The summed E-state index contributed by atoms with van der Waals surface area (Å²) in [5, 5.41) is 19.8. The highest BCUT2D eigenvalue weighted by molar-refractivity contribution is 5.95. The van der Waals surface area contributed by atoms with Crippen LogP contribution >= 0.6 is 0 Å². The van der Waals surface area contributed by atoms with E-state index < -0.39 is 0 Å². The summed E-state index contributed by atoms with van der Waals surface area (Å²) < 4.78 is 1.75. The van der Waals surface area contributed by atoms with Crippen LogP contribution < -0.4 is 10.6 Å². The van der Waals surface area contributed by atoms with Crippen molar-refractivity contribution in [2.24, 2.45) is 0 Å². The smallest absolute Gasteiger partial charge is 0.234 e. The Labute approximate surface area is 205 Å². The number of carbonyl (C=O) groups excluding carboxylic acids is 1. The van der Waals surface area contributed by atoms with Crippen molar-refractivity contribution in [2.45, 2.75) is 25.7 Å². The maximum atomic E-state index is 13.2. The normalized spacial score (nSPS) is 12.5. The van der Waals surface area contributed by atoms with E-state index in [0.717, 1.165) is 22.5 Å². The summed E-state index contributed by atoms with van der Waals surface area (Å²) >= 11 is 0. The first-order valence-corrected chi connectivity index (χ1v) is 11.6. The number of hydrogen-bond acceptors (Lipinski definition) is 5. The number of rotatable bonds is 9. The van der Waals surface area contributed by atoms with Gasteiger partial charge in [0.05, 0.1) is 35.1 Å². The van der Waals surface area contributed by atoms with Gasteiger partial charge in [-0.1, -0.05) is 49.4 Å². The van der Waals surface area contributed by atoms with E-state index in [0.29, 0.717) is 24.5 Å². The molecular formula is C28H28N6O. The number of pyridine rings is 1. The first-order valence-electron chi connectivity index (χ1n) is 11.6. The predicted molar refractivity (Wildman–Crippen MR) is 136 cm³/mol. The maximum Gasteiger partial charge on any atom is 0.234 e. The number of hydrogen-bond donors (Lipinski definition) is 2. The highest BCUT2D eigenvalue weighted by atomic mass is 16.2. The van der Waals surface area contributed by atoms with Gasteiger partial charge in [0.25, 0.3) is 0 Å². The monoisotopic (exact) mass is 464 g/mol. The highest BCUT2D eigenvalue weighted by Gasteiger charge is 2.21. The van der Waals surface area contributed by atoms with Crippen molar-refractivity contribution in [3.63, 3.8) is 0 Å². The molecule has 35 heavy (non-hydrogen) atoms. The van der Waals surface area contributed by atoms with E-state index in [1.54, 1.807) is 16.9 Å². The molecule has 1 amide bonds. The minimum Gasteiger partial charge on any atom is -0.315 e. The van der Waals surface area contributed by atoms with Gasteiger partial charge in [-0.25, -0.2) is 9.67 Å². The Morgan fingerprint density at radius 1 is 1.00 bits per heavy atom. The summed E-state index contributed by atoms with van der Waals surface area (Å²) in [7, 11) is 0. The lowest BCUT2D eigenvalue weighted by Crippen LogP contribution is -2.32. The molecule has 0 aliphatic rings. The van der Waals surface area contributed by atoms with Crippen molar-refractivity contribution >= 4 is 11.7 Å². The zero-order valence-corrected chi connectivity index (χ0v) is 19.8. The van der Waals surface area contributed by atoms with E-state index in [2.05, 4.69) is 33.7 Å².